The van der Waals surface area contributed by atoms with Crippen LogP contribution >= 0.6 is 0 Å². The smallest absolute Gasteiger partial charge is 0.377 e. The first-order chi connectivity index (χ1) is 7.69. The van der Waals surface area contributed by atoms with Gasteiger partial charge in [-0.2, -0.15) is 4.98 Å². The van der Waals surface area contributed by atoms with E-state index in [2.05, 4.69) is 10.1 Å². The molecule has 86 valence electrons. The van der Waals surface area contributed by atoms with Gasteiger partial charge in [-0.1, -0.05) is 0 Å². The molecule has 0 unspecified atom stereocenters. The molecule has 16 heavy (non-hydrogen) atoms. The number of hydrogen-bond acceptors (Lipinski definition) is 4. The van der Waals surface area contributed by atoms with Gasteiger partial charge in [0, 0.05) is 5.92 Å². The molecule has 2 aliphatic rings. The molecule has 1 heterocycles. The van der Waals surface area contributed by atoms with Crippen molar-refractivity contribution in [2.75, 3.05) is 0 Å². The van der Waals surface area contributed by atoms with Crippen LogP contribution < -0.4 is 0 Å². The summed E-state index contributed by atoms with van der Waals surface area (Å²) >= 11 is 0. The number of carboxylic acids is 1. The Labute approximate surface area is 92.8 Å². The Morgan fingerprint density at radius 2 is 2.00 bits per heavy atom. The highest BCUT2D eigenvalue weighted by atomic mass is 16.5. The fourth-order valence-corrected chi connectivity index (χ4v) is 2.64. The molecule has 0 radical (unpaired) electrons. The summed E-state index contributed by atoms with van der Waals surface area (Å²) in [5.74, 6) is -0.564. The molecule has 2 fully saturated rings. The van der Waals surface area contributed by atoms with E-state index in [-0.39, 0.29) is 11.7 Å². The first-order valence-electron chi connectivity index (χ1n) is 5.75. The molecule has 2 saturated carbocycles. The van der Waals surface area contributed by atoms with E-state index in [0.717, 1.165) is 12.8 Å². The summed E-state index contributed by atoms with van der Waals surface area (Å²) in [7, 11) is 0. The van der Waals surface area contributed by atoms with Crippen molar-refractivity contribution < 1.29 is 14.4 Å². The van der Waals surface area contributed by atoms with Gasteiger partial charge in [-0.15, -0.1) is 0 Å². The van der Waals surface area contributed by atoms with Crippen LogP contribution in [0.1, 0.15) is 61.0 Å². The number of aromatic carboxylic acids is 1. The van der Waals surface area contributed by atoms with E-state index in [4.69, 9.17) is 9.63 Å². The van der Waals surface area contributed by atoms with Crippen LogP contribution in [0.2, 0.25) is 0 Å². The zero-order valence-electron chi connectivity index (χ0n) is 8.98. The van der Waals surface area contributed by atoms with Crippen molar-refractivity contribution in [1.29, 1.82) is 0 Å². The predicted octanol–water partition coefficient (Wildman–Crippen LogP) is 2.21. The Bertz CT molecular complexity index is 413. The molecule has 2 aliphatic carbocycles. The van der Waals surface area contributed by atoms with Gasteiger partial charge in [0.15, 0.2) is 0 Å². The number of nitrogens with zero attached hydrogens (tertiary/aromatic N) is 2. The lowest BCUT2D eigenvalue weighted by atomic mass is 9.80. The van der Waals surface area contributed by atoms with Crippen LogP contribution in [0.4, 0.5) is 0 Å². The molecule has 1 aromatic heterocycles. The lowest BCUT2D eigenvalue weighted by Gasteiger charge is -2.25. The third-order valence-electron chi connectivity index (χ3n) is 3.99. The summed E-state index contributed by atoms with van der Waals surface area (Å²) in [5.41, 5.74) is 0.631. The summed E-state index contributed by atoms with van der Waals surface area (Å²) in [5, 5.41) is 12.2. The van der Waals surface area contributed by atoms with Gasteiger partial charge in [0.1, 0.15) is 0 Å². The highest BCUT2D eigenvalue weighted by Crippen LogP contribution is 2.58. The molecule has 0 aliphatic heterocycles. The summed E-state index contributed by atoms with van der Waals surface area (Å²) in [4.78, 5) is 14.5. The van der Waals surface area contributed by atoms with Crippen molar-refractivity contribution in [3.05, 3.63) is 11.7 Å². The zero-order valence-corrected chi connectivity index (χ0v) is 8.98. The highest BCUT2D eigenvalue weighted by Gasteiger charge is 2.45. The summed E-state index contributed by atoms with van der Waals surface area (Å²) in [6, 6.07) is 0. The molecule has 5 heteroatoms. The van der Waals surface area contributed by atoms with Gasteiger partial charge in [-0.25, -0.2) is 4.79 Å². The quantitative estimate of drug-likeness (QED) is 0.830. The Morgan fingerprint density at radius 3 is 2.50 bits per heavy atom. The summed E-state index contributed by atoms with van der Waals surface area (Å²) in [6.45, 7) is 0. The first-order valence-corrected chi connectivity index (χ1v) is 5.75. The van der Waals surface area contributed by atoms with Gasteiger partial charge in [-0.3, -0.25) is 0 Å². The van der Waals surface area contributed by atoms with E-state index in [1.165, 1.54) is 25.7 Å². The Morgan fingerprint density at radius 1 is 1.31 bits per heavy atom. The van der Waals surface area contributed by atoms with Gasteiger partial charge in [0.25, 0.3) is 5.82 Å². The minimum atomic E-state index is -1.12. The molecule has 5 nitrogen and oxygen atoms in total. The summed E-state index contributed by atoms with van der Waals surface area (Å²) < 4.78 is 5.01. The molecule has 1 spiro atoms. The molecule has 1 N–H and O–H groups in total. The van der Waals surface area contributed by atoms with Crippen LogP contribution in [-0.2, 0) is 0 Å². The molecule has 0 saturated heterocycles. The van der Waals surface area contributed by atoms with E-state index < -0.39 is 5.97 Å². The van der Waals surface area contributed by atoms with Gasteiger partial charge >= 0.3 is 5.97 Å². The molecule has 0 amide bonds. The molecule has 0 aromatic carbocycles. The van der Waals surface area contributed by atoms with Gasteiger partial charge in [-0.05, 0) is 49.1 Å². The topological polar surface area (TPSA) is 76.2 Å². The van der Waals surface area contributed by atoms with E-state index in [0.29, 0.717) is 11.3 Å². The second-order valence-corrected chi connectivity index (χ2v) is 5.04. The number of carboxylic acid groups (broad SMARTS) is 1. The number of hydrogen-bond donors (Lipinski definition) is 1. The van der Waals surface area contributed by atoms with Crippen molar-refractivity contribution in [3.8, 4) is 0 Å². The standard InChI is InChI=1S/C11H14N2O3/c14-10(15)8-12-9(16-13-8)7-1-3-11(4-2-7)5-6-11/h7H,1-6H2,(H,14,15). The Hall–Kier alpha value is -1.39. The van der Waals surface area contributed by atoms with E-state index in [9.17, 15) is 4.79 Å². The van der Waals surface area contributed by atoms with Crippen LogP contribution in [0.5, 0.6) is 0 Å². The van der Waals surface area contributed by atoms with Crippen molar-refractivity contribution in [3.63, 3.8) is 0 Å². The number of rotatable bonds is 2. The maximum atomic E-state index is 10.6. The highest BCUT2D eigenvalue weighted by molar-refractivity contribution is 5.82. The molecular formula is C11H14N2O3. The third kappa shape index (κ3) is 1.60. The normalized spacial score (nSPS) is 23.5. The van der Waals surface area contributed by atoms with Gasteiger partial charge in [0.05, 0.1) is 0 Å². The first kappa shape index (κ1) is 9.81. The SMILES string of the molecule is O=C(O)c1noc(C2CCC3(CC2)CC3)n1. The number of carbonyl (C=O) groups is 1. The number of aromatic nitrogens is 2. The van der Waals surface area contributed by atoms with Crippen LogP contribution in [0.25, 0.3) is 0 Å². The average molecular weight is 222 g/mol. The van der Waals surface area contributed by atoms with Crippen LogP contribution in [0.15, 0.2) is 4.52 Å². The fourth-order valence-electron chi connectivity index (χ4n) is 2.64. The van der Waals surface area contributed by atoms with Crippen molar-refractivity contribution in [2.45, 2.75) is 44.4 Å². The molecular weight excluding hydrogens is 208 g/mol. The molecule has 1 aromatic rings. The van der Waals surface area contributed by atoms with Crippen LogP contribution in [0, 0.1) is 5.41 Å². The van der Waals surface area contributed by atoms with Gasteiger partial charge in [0.2, 0.25) is 5.89 Å². The van der Waals surface area contributed by atoms with E-state index in [1.54, 1.807) is 0 Å². The minimum Gasteiger partial charge on any atom is -0.475 e. The molecule has 3 rings (SSSR count). The maximum absolute atomic E-state index is 10.6. The van der Waals surface area contributed by atoms with Crippen LogP contribution in [-0.4, -0.2) is 21.2 Å². The fraction of sp³-hybridized carbons (Fsp3) is 0.727. The average Bonchev–Trinajstić information content (AvgIpc) is 2.84. The molecule has 0 atom stereocenters. The largest absolute Gasteiger partial charge is 0.475 e. The Balaban J connectivity index is 1.70. The lowest BCUT2D eigenvalue weighted by molar-refractivity contribution is 0.0680. The second kappa shape index (κ2) is 3.30. The summed E-state index contributed by atoms with van der Waals surface area (Å²) in [6.07, 6.45) is 7.29. The minimum absolute atomic E-state index is 0.221. The maximum Gasteiger partial charge on any atom is 0.377 e. The predicted molar refractivity (Wildman–Crippen MR) is 54.1 cm³/mol. The third-order valence-corrected chi connectivity index (χ3v) is 3.99. The Kier molecular flexibility index (Phi) is 2.02. The molecule has 0 bridgehead atoms. The lowest BCUT2D eigenvalue weighted by Crippen LogP contribution is -2.14. The zero-order chi connectivity index (χ0) is 11.2. The van der Waals surface area contributed by atoms with E-state index >= 15 is 0 Å². The van der Waals surface area contributed by atoms with Crippen molar-refractivity contribution in [2.24, 2.45) is 5.41 Å². The van der Waals surface area contributed by atoms with Crippen molar-refractivity contribution in [1.82, 2.24) is 10.1 Å². The second-order valence-electron chi connectivity index (χ2n) is 5.04. The monoisotopic (exact) mass is 222 g/mol. The van der Waals surface area contributed by atoms with Crippen molar-refractivity contribution >= 4 is 5.97 Å². The van der Waals surface area contributed by atoms with Gasteiger partial charge < -0.3 is 9.63 Å². The van der Waals surface area contributed by atoms with Crippen LogP contribution in [0.3, 0.4) is 0 Å². The van der Waals surface area contributed by atoms with E-state index in [1.807, 2.05) is 0 Å².